The van der Waals surface area contributed by atoms with E-state index < -0.39 is 0 Å². The van der Waals surface area contributed by atoms with Crippen molar-refractivity contribution in [3.8, 4) is 0 Å². The van der Waals surface area contributed by atoms with Gasteiger partial charge in [0.2, 0.25) is 0 Å². The number of rotatable bonds is 5. The number of aromatic nitrogens is 2. The van der Waals surface area contributed by atoms with Crippen molar-refractivity contribution in [3.05, 3.63) is 53.3 Å². The molecule has 0 spiro atoms. The average molecular weight is 243 g/mol. The van der Waals surface area contributed by atoms with E-state index in [2.05, 4.69) is 61.6 Å². The van der Waals surface area contributed by atoms with Gasteiger partial charge in [0.25, 0.3) is 0 Å². The van der Waals surface area contributed by atoms with Crippen LogP contribution in [0.3, 0.4) is 0 Å². The second-order valence-corrected chi connectivity index (χ2v) is 4.87. The van der Waals surface area contributed by atoms with Gasteiger partial charge in [0, 0.05) is 18.8 Å². The third-order valence-corrected chi connectivity index (χ3v) is 3.10. The third kappa shape index (κ3) is 3.44. The van der Waals surface area contributed by atoms with E-state index in [-0.39, 0.29) is 0 Å². The van der Waals surface area contributed by atoms with Crippen molar-refractivity contribution in [2.45, 2.75) is 33.4 Å². The molecule has 2 rings (SSSR count). The van der Waals surface area contributed by atoms with Gasteiger partial charge >= 0.3 is 0 Å². The highest BCUT2D eigenvalue weighted by Crippen LogP contribution is 2.13. The molecule has 1 atom stereocenters. The fraction of sp³-hybridized carbons (Fsp3) is 0.400. The van der Waals surface area contributed by atoms with Crippen LogP contribution >= 0.6 is 0 Å². The molecule has 1 unspecified atom stereocenters. The molecule has 0 saturated carbocycles. The lowest BCUT2D eigenvalue weighted by atomic mass is 10.1. The van der Waals surface area contributed by atoms with E-state index in [1.54, 1.807) is 0 Å². The maximum Gasteiger partial charge on any atom is 0.0534 e. The Kier molecular flexibility index (Phi) is 4.15. The van der Waals surface area contributed by atoms with Gasteiger partial charge in [-0.05, 0) is 31.9 Å². The summed E-state index contributed by atoms with van der Waals surface area (Å²) in [6.45, 7) is 8.22. The molecule has 1 N–H and O–H groups in total. The summed E-state index contributed by atoms with van der Waals surface area (Å²) < 4.78 is 1.98. The van der Waals surface area contributed by atoms with Crippen molar-refractivity contribution in [2.75, 3.05) is 6.54 Å². The smallest absolute Gasteiger partial charge is 0.0534 e. The minimum absolute atomic E-state index is 0.376. The fourth-order valence-electron chi connectivity index (χ4n) is 2.04. The lowest BCUT2D eigenvalue weighted by Gasteiger charge is -2.14. The van der Waals surface area contributed by atoms with Gasteiger partial charge in [0.15, 0.2) is 0 Å². The lowest BCUT2D eigenvalue weighted by molar-refractivity contribution is 0.507. The first-order valence-electron chi connectivity index (χ1n) is 6.44. The molecular weight excluding hydrogens is 222 g/mol. The molecule has 0 aliphatic heterocycles. The van der Waals surface area contributed by atoms with Crippen LogP contribution in [0.2, 0.25) is 0 Å². The molecule has 3 heteroatoms. The SMILES string of the molecule is Cc1cccc(C(C)NCCn2cc(C)cn2)c1. The molecule has 1 aromatic heterocycles. The molecule has 0 aliphatic rings. The summed E-state index contributed by atoms with van der Waals surface area (Å²) >= 11 is 0. The van der Waals surface area contributed by atoms with Gasteiger partial charge in [-0.1, -0.05) is 29.8 Å². The molecule has 1 heterocycles. The van der Waals surface area contributed by atoms with Crippen molar-refractivity contribution in [1.82, 2.24) is 15.1 Å². The van der Waals surface area contributed by atoms with Crippen molar-refractivity contribution in [2.24, 2.45) is 0 Å². The maximum absolute atomic E-state index is 4.28. The van der Waals surface area contributed by atoms with Gasteiger partial charge in [-0.15, -0.1) is 0 Å². The van der Waals surface area contributed by atoms with Gasteiger partial charge in [0.1, 0.15) is 0 Å². The Morgan fingerprint density at radius 3 is 2.78 bits per heavy atom. The summed E-state index contributed by atoms with van der Waals surface area (Å²) in [6, 6.07) is 9.02. The normalized spacial score (nSPS) is 12.6. The lowest BCUT2D eigenvalue weighted by Crippen LogP contribution is -2.23. The van der Waals surface area contributed by atoms with Crippen LogP contribution in [0.15, 0.2) is 36.7 Å². The minimum atomic E-state index is 0.376. The molecule has 0 aliphatic carbocycles. The second kappa shape index (κ2) is 5.83. The molecule has 0 fully saturated rings. The molecular formula is C15H21N3. The Labute approximate surface area is 109 Å². The van der Waals surface area contributed by atoms with E-state index >= 15 is 0 Å². The van der Waals surface area contributed by atoms with Gasteiger partial charge in [-0.25, -0.2) is 0 Å². The van der Waals surface area contributed by atoms with Crippen molar-refractivity contribution < 1.29 is 0 Å². The zero-order valence-electron chi connectivity index (χ0n) is 11.4. The predicted molar refractivity (Wildman–Crippen MR) is 74.6 cm³/mol. The van der Waals surface area contributed by atoms with Crippen LogP contribution in [0, 0.1) is 13.8 Å². The molecule has 3 nitrogen and oxygen atoms in total. The van der Waals surface area contributed by atoms with Gasteiger partial charge < -0.3 is 5.32 Å². The average Bonchev–Trinajstić information content (AvgIpc) is 2.75. The fourth-order valence-corrected chi connectivity index (χ4v) is 2.04. The zero-order chi connectivity index (χ0) is 13.0. The highest BCUT2D eigenvalue weighted by atomic mass is 15.3. The first kappa shape index (κ1) is 12.8. The maximum atomic E-state index is 4.28. The Morgan fingerprint density at radius 2 is 2.11 bits per heavy atom. The van der Waals surface area contributed by atoms with Crippen molar-refractivity contribution >= 4 is 0 Å². The number of benzene rings is 1. The summed E-state index contributed by atoms with van der Waals surface area (Å²) in [5.41, 5.74) is 3.86. The summed E-state index contributed by atoms with van der Waals surface area (Å²) in [4.78, 5) is 0. The Balaban J connectivity index is 1.83. The number of nitrogens with one attached hydrogen (secondary N) is 1. The zero-order valence-corrected chi connectivity index (χ0v) is 11.4. The predicted octanol–water partition coefficient (Wildman–Crippen LogP) is 2.85. The Morgan fingerprint density at radius 1 is 1.28 bits per heavy atom. The minimum Gasteiger partial charge on any atom is -0.308 e. The van der Waals surface area contributed by atoms with E-state index in [1.165, 1.54) is 16.7 Å². The van der Waals surface area contributed by atoms with Crippen LogP contribution < -0.4 is 5.32 Å². The van der Waals surface area contributed by atoms with Crippen LogP contribution in [0.4, 0.5) is 0 Å². The molecule has 0 radical (unpaired) electrons. The van der Waals surface area contributed by atoms with Crippen LogP contribution in [0.1, 0.15) is 29.7 Å². The molecule has 96 valence electrons. The number of hydrogen-bond donors (Lipinski definition) is 1. The highest BCUT2D eigenvalue weighted by Gasteiger charge is 2.04. The number of nitrogens with zero attached hydrogens (tertiary/aromatic N) is 2. The van der Waals surface area contributed by atoms with E-state index in [0.717, 1.165) is 13.1 Å². The summed E-state index contributed by atoms with van der Waals surface area (Å²) in [5, 5.41) is 7.80. The topological polar surface area (TPSA) is 29.9 Å². The summed E-state index contributed by atoms with van der Waals surface area (Å²) in [5.74, 6) is 0. The van der Waals surface area contributed by atoms with E-state index in [1.807, 2.05) is 10.9 Å². The Hall–Kier alpha value is -1.61. The van der Waals surface area contributed by atoms with Gasteiger partial charge in [-0.3, -0.25) is 4.68 Å². The molecule has 0 bridgehead atoms. The Bertz CT molecular complexity index is 502. The first-order valence-corrected chi connectivity index (χ1v) is 6.44. The third-order valence-electron chi connectivity index (χ3n) is 3.10. The second-order valence-electron chi connectivity index (χ2n) is 4.87. The van der Waals surface area contributed by atoms with Gasteiger partial charge in [0.05, 0.1) is 12.7 Å². The van der Waals surface area contributed by atoms with Crippen LogP contribution in [0.5, 0.6) is 0 Å². The summed E-state index contributed by atoms with van der Waals surface area (Å²) in [6.07, 6.45) is 3.96. The highest BCUT2D eigenvalue weighted by molar-refractivity contribution is 5.24. The van der Waals surface area contributed by atoms with Crippen LogP contribution in [-0.2, 0) is 6.54 Å². The molecule has 18 heavy (non-hydrogen) atoms. The quantitative estimate of drug-likeness (QED) is 0.875. The van der Waals surface area contributed by atoms with Crippen molar-refractivity contribution in [1.29, 1.82) is 0 Å². The molecule has 1 aromatic carbocycles. The molecule has 2 aromatic rings. The van der Waals surface area contributed by atoms with Crippen LogP contribution in [0.25, 0.3) is 0 Å². The molecule has 0 amide bonds. The standard InChI is InChI=1S/C15H21N3/c1-12-5-4-6-15(9-12)14(3)16-7-8-18-11-13(2)10-17-18/h4-6,9-11,14,16H,7-8H2,1-3H3. The van der Waals surface area contributed by atoms with Gasteiger partial charge in [-0.2, -0.15) is 5.10 Å². The van der Waals surface area contributed by atoms with Crippen LogP contribution in [-0.4, -0.2) is 16.3 Å². The number of hydrogen-bond acceptors (Lipinski definition) is 2. The number of aryl methyl sites for hydroxylation is 2. The van der Waals surface area contributed by atoms with Crippen molar-refractivity contribution in [3.63, 3.8) is 0 Å². The largest absolute Gasteiger partial charge is 0.308 e. The van der Waals surface area contributed by atoms with E-state index in [0.29, 0.717) is 6.04 Å². The summed E-state index contributed by atoms with van der Waals surface area (Å²) in [7, 11) is 0. The monoisotopic (exact) mass is 243 g/mol. The van der Waals surface area contributed by atoms with E-state index in [9.17, 15) is 0 Å². The first-order chi connectivity index (χ1) is 8.65. The van der Waals surface area contributed by atoms with E-state index in [4.69, 9.17) is 0 Å². The molecule has 0 saturated heterocycles.